The fraction of sp³-hybridized carbons (Fsp3) is 0. The van der Waals surface area contributed by atoms with Crippen LogP contribution in [-0.2, 0) is 0 Å². The van der Waals surface area contributed by atoms with E-state index >= 15 is 0 Å². The van der Waals surface area contributed by atoms with Crippen molar-refractivity contribution in [2.45, 2.75) is 0 Å². The van der Waals surface area contributed by atoms with Gasteiger partial charge in [0.2, 0.25) is 0 Å². The Morgan fingerprint density at radius 1 is 0.550 bits per heavy atom. The van der Waals surface area contributed by atoms with Gasteiger partial charge in [0, 0.05) is 22.3 Å². The van der Waals surface area contributed by atoms with Gasteiger partial charge in [-0.15, -0.1) is 0 Å². The first kappa shape index (κ1) is 15.7. The van der Waals surface area contributed by atoms with Gasteiger partial charge in [0.1, 0.15) is 0 Å². The number of carbonyl (C=O) groups excluding carboxylic acids is 4. The lowest BCUT2D eigenvalue weighted by Crippen LogP contribution is -2.36. The first-order valence-electron chi connectivity index (χ1n) is 4.51. The summed E-state index contributed by atoms with van der Waals surface area (Å²) in [7, 11) is 0. The topological polar surface area (TPSA) is 161 Å². The van der Waals surface area contributed by atoms with Crippen molar-refractivity contribution in [1.82, 2.24) is 0 Å². The zero-order valence-electron chi connectivity index (χ0n) is 9.02. The molecular weight excluding hydrogens is 319 g/mol. The van der Waals surface area contributed by atoms with Crippen molar-refractivity contribution in [2.24, 2.45) is 0 Å². The third kappa shape index (κ3) is 2.38. The van der Waals surface area contributed by atoms with E-state index in [0.29, 0.717) is 0 Å². The maximum atomic E-state index is 10.8. The van der Waals surface area contributed by atoms with Crippen molar-refractivity contribution in [2.75, 3.05) is 0 Å². The molecule has 0 N–H and O–H groups in total. The highest BCUT2D eigenvalue weighted by Crippen LogP contribution is 2.34. The predicted molar refractivity (Wildman–Crippen MR) is 53.8 cm³/mol. The number of rotatable bonds is 4. The smallest absolute Gasteiger partial charge is 0.0737 e. The lowest BCUT2D eigenvalue weighted by Gasteiger charge is -2.23. The molecule has 20 heavy (non-hydrogen) atoms. The highest BCUT2D eigenvalue weighted by Gasteiger charge is 2.24. The van der Waals surface area contributed by atoms with Gasteiger partial charge in [-0.25, -0.2) is 0 Å². The number of benzene rings is 1. The van der Waals surface area contributed by atoms with Crippen LogP contribution in [-0.4, -0.2) is 23.9 Å². The molecule has 0 radical (unpaired) electrons. The molecule has 0 atom stereocenters. The molecule has 0 spiro atoms. The van der Waals surface area contributed by atoms with Crippen molar-refractivity contribution >= 4 is 47.1 Å². The molecule has 1 aromatic rings. The second kappa shape index (κ2) is 5.35. The largest absolute Gasteiger partial charge is 0.545 e. The summed E-state index contributed by atoms with van der Waals surface area (Å²) >= 11 is 10.8. The minimum absolute atomic E-state index is 1.23. The van der Waals surface area contributed by atoms with E-state index in [1.807, 2.05) is 0 Å². The number of carbonyl (C=O) groups is 4. The standard InChI is InChI=1S/C10H4Cl2O8/c11-5-1(7(13)14)2(8(15)16)6(12)4(10(19)20)3(5)9(17)18/h(H,13,14)(H,15,16)(H,17,18)(H,19,20)/p-4. The van der Waals surface area contributed by atoms with Crippen LogP contribution in [0.25, 0.3) is 0 Å². The quantitative estimate of drug-likeness (QED) is 0.551. The van der Waals surface area contributed by atoms with Crippen LogP contribution in [0.2, 0.25) is 10.0 Å². The van der Waals surface area contributed by atoms with E-state index < -0.39 is 56.2 Å². The van der Waals surface area contributed by atoms with Crippen LogP contribution in [0.5, 0.6) is 0 Å². The third-order valence-electron chi connectivity index (χ3n) is 2.19. The van der Waals surface area contributed by atoms with Crippen LogP contribution in [0, 0.1) is 0 Å². The average molecular weight is 319 g/mol. The zero-order valence-corrected chi connectivity index (χ0v) is 10.5. The van der Waals surface area contributed by atoms with Gasteiger partial charge < -0.3 is 39.6 Å². The summed E-state index contributed by atoms with van der Waals surface area (Å²) in [6.45, 7) is 0. The molecular formula is C10Cl2O8-4. The third-order valence-corrected chi connectivity index (χ3v) is 2.95. The van der Waals surface area contributed by atoms with Crippen LogP contribution < -0.4 is 20.4 Å². The molecule has 0 unspecified atom stereocenters. The van der Waals surface area contributed by atoms with Crippen molar-refractivity contribution in [1.29, 1.82) is 0 Å². The van der Waals surface area contributed by atoms with Gasteiger partial charge in [-0.3, -0.25) is 0 Å². The molecule has 0 aliphatic heterocycles. The summed E-state index contributed by atoms with van der Waals surface area (Å²) in [6.07, 6.45) is 0. The molecule has 0 heterocycles. The Morgan fingerprint density at radius 2 is 0.700 bits per heavy atom. The van der Waals surface area contributed by atoms with E-state index in [2.05, 4.69) is 0 Å². The highest BCUT2D eigenvalue weighted by molar-refractivity contribution is 6.42. The van der Waals surface area contributed by atoms with Crippen molar-refractivity contribution in [3.8, 4) is 0 Å². The Labute approximate surface area is 119 Å². The van der Waals surface area contributed by atoms with E-state index in [4.69, 9.17) is 23.2 Å². The lowest BCUT2D eigenvalue weighted by atomic mass is 9.97. The molecule has 0 bridgehead atoms. The summed E-state index contributed by atoms with van der Waals surface area (Å²) in [5.41, 5.74) is -5.33. The van der Waals surface area contributed by atoms with Gasteiger partial charge in [0.25, 0.3) is 0 Å². The number of hydrogen-bond acceptors (Lipinski definition) is 8. The van der Waals surface area contributed by atoms with Crippen molar-refractivity contribution in [3.63, 3.8) is 0 Å². The maximum absolute atomic E-state index is 10.8. The number of aromatic carboxylic acids is 4. The molecule has 0 saturated carbocycles. The Kier molecular flexibility index (Phi) is 4.21. The molecule has 106 valence electrons. The molecule has 1 aromatic carbocycles. The van der Waals surface area contributed by atoms with Crippen molar-refractivity contribution in [3.05, 3.63) is 32.3 Å². The van der Waals surface area contributed by atoms with E-state index in [-0.39, 0.29) is 0 Å². The van der Waals surface area contributed by atoms with Gasteiger partial charge in [-0.1, -0.05) is 23.2 Å². The highest BCUT2D eigenvalue weighted by atomic mass is 35.5. The van der Waals surface area contributed by atoms with E-state index in [0.717, 1.165) is 0 Å². The first-order chi connectivity index (χ1) is 9.11. The van der Waals surface area contributed by atoms with Gasteiger partial charge in [0.15, 0.2) is 0 Å². The number of carboxylic acids is 4. The van der Waals surface area contributed by atoms with Gasteiger partial charge in [-0.2, -0.15) is 0 Å². The van der Waals surface area contributed by atoms with Crippen LogP contribution in [0.4, 0.5) is 0 Å². The van der Waals surface area contributed by atoms with Crippen molar-refractivity contribution < 1.29 is 39.6 Å². The Morgan fingerprint density at radius 3 is 0.800 bits per heavy atom. The number of hydrogen-bond donors (Lipinski definition) is 0. The van der Waals surface area contributed by atoms with Crippen LogP contribution >= 0.6 is 23.2 Å². The van der Waals surface area contributed by atoms with Crippen LogP contribution in [0.1, 0.15) is 41.4 Å². The Balaban J connectivity index is 4.10. The molecule has 0 fully saturated rings. The monoisotopic (exact) mass is 318 g/mol. The summed E-state index contributed by atoms with van der Waals surface area (Å²) in [5, 5.41) is 40.9. The molecule has 0 saturated heterocycles. The lowest BCUT2D eigenvalue weighted by molar-refractivity contribution is -0.261. The molecule has 0 aromatic heterocycles. The fourth-order valence-corrected chi connectivity index (χ4v) is 2.14. The van der Waals surface area contributed by atoms with Crippen LogP contribution in [0.3, 0.4) is 0 Å². The minimum atomic E-state index is -2.19. The molecule has 0 aliphatic carbocycles. The first-order valence-corrected chi connectivity index (χ1v) is 5.27. The molecule has 8 nitrogen and oxygen atoms in total. The summed E-state index contributed by atoms with van der Waals surface area (Å²) in [6, 6.07) is 0. The molecule has 10 heteroatoms. The van der Waals surface area contributed by atoms with Gasteiger partial charge in [-0.05, 0) is 0 Å². The second-order valence-corrected chi connectivity index (χ2v) is 4.03. The molecule has 1 rings (SSSR count). The van der Waals surface area contributed by atoms with E-state index in [1.165, 1.54) is 0 Å². The number of carboxylic acid groups (broad SMARTS) is 4. The SMILES string of the molecule is O=C([O-])c1c(Cl)c(C(=O)[O-])c(C(=O)[O-])c(Cl)c1C(=O)[O-]. The molecule has 0 aliphatic rings. The molecule has 0 amide bonds. The maximum Gasteiger partial charge on any atom is 0.0737 e. The normalized spacial score (nSPS) is 10.1. The second-order valence-electron chi connectivity index (χ2n) is 3.28. The predicted octanol–water partition coefficient (Wildman–Crippen LogP) is -3.55. The van der Waals surface area contributed by atoms with E-state index in [1.54, 1.807) is 0 Å². The average Bonchev–Trinajstić information content (AvgIpc) is 2.28. The Hall–Kier alpha value is -2.32. The van der Waals surface area contributed by atoms with E-state index in [9.17, 15) is 39.6 Å². The zero-order chi connectivity index (χ0) is 15.8. The fourth-order valence-electron chi connectivity index (χ4n) is 1.46. The summed E-state index contributed by atoms with van der Waals surface area (Å²) < 4.78 is 0. The summed E-state index contributed by atoms with van der Waals surface area (Å²) in [5.74, 6) is -8.76. The van der Waals surface area contributed by atoms with Gasteiger partial charge >= 0.3 is 0 Å². The summed E-state index contributed by atoms with van der Waals surface area (Å²) in [4.78, 5) is 43.3. The minimum Gasteiger partial charge on any atom is -0.545 e. The number of halogens is 2. The van der Waals surface area contributed by atoms with Gasteiger partial charge in [0.05, 0.1) is 33.9 Å². The Bertz CT molecular complexity index is 554. The van der Waals surface area contributed by atoms with Crippen LogP contribution in [0.15, 0.2) is 0 Å².